The average molecular weight is 287 g/mol. The number of hydrogen-bond acceptors (Lipinski definition) is 2. The highest BCUT2D eigenvalue weighted by atomic mass is 19.4. The van der Waals surface area contributed by atoms with E-state index in [4.69, 9.17) is 5.73 Å². The number of alkyl halides is 3. The van der Waals surface area contributed by atoms with Crippen LogP contribution >= 0.6 is 0 Å². The molecule has 0 atom stereocenters. The molecular weight excluding hydrogens is 277 g/mol. The van der Waals surface area contributed by atoms with Crippen LogP contribution in [0.3, 0.4) is 0 Å². The van der Waals surface area contributed by atoms with Gasteiger partial charge in [-0.25, -0.2) is 4.98 Å². The third-order valence-corrected chi connectivity index (χ3v) is 3.20. The summed E-state index contributed by atoms with van der Waals surface area (Å²) in [6, 6.07) is 15.0. The van der Waals surface area contributed by atoms with E-state index >= 15 is 0 Å². The lowest BCUT2D eigenvalue weighted by atomic mass is 10.0. The lowest BCUT2D eigenvalue weighted by molar-refractivity contribution is -0.137. The van der Waals surface area contributed by atoms with Crippen molar-refractivity contribution < 1.29 is 13.2 Å². The third kappa shape index (κ3) is 2.54. The van der Waals surface area contributed by atoms with E-state index in [2.05, 4.69) is 11.1 Å². The lowest BCUT2D eigenvalue weighted by Gasteiger charge is -2.10. The second-order valence-electron chi connectivity index (χ2n) is 4.60. The first-order chi connectivity index (χ1) is 9.95. The molecule has 1 heterocycles. The summed E-state index contributed by atoms with van der Waals surface area (Å²) in [5.41, 5.74) is 7.03. The van der Waals surface area contributed by atoms with Crippen molar-refractivity contribution in [1.29, 1.82) is 0 Å². The van der Waals surface area contributed by atoms with Crippen molar-refractivity contribution in [3.05, 3.63) is 60.2 Å². The highest BCUT2D eigenvalue weighted by molar-refractivity contribution is 5.88. The summed E-state index contributed by atoms with van der Waals surface area (Å²) in [4.78, 5) is 4.22. The zero-order chi connectivity index (χ0) is 15.0. The van der Waals surface area contributed by atoms with Crippen LogP contribution in [0.5, 0.6) is 0 Å². The normalized spacial score (nSPS) is 11.8. The van der Waals surface area contributed by atoms with E-state index in [1.54, 1.807) is 12.1 Å². The van der Waals surface area contributed by atoms with Crippen molar-refractivity contribution in [3.63, 3.8) is 0 Å². The molecule has 0 spiro atoms. The molecule has 0 unspecified atom stereocenters. The van der Waals surface area contributed by atoms with Crippen LogP contribution in [0.4, 0.5) is 19.0 Å². The summed E-state index contributed by atoms with van der Waals surface area (Å²) in [6.07, 6.45) is -4.35. The highest BCUT2D eigenvalue weighted by Crippen LogP contribution is 2.33. The summed E-state index contributed by atoms with van der Waals surface area (Å²) < 4.78 is 37.7. The zero-order valence-electron chi connectivity index (χ0n) is 10.8. The Morgan fingerprint density at radius 3 is 2.43 bits per heavy atom. The van der Waals surface area contributed by atoms with Gasteiger partial charge in [0.25, 0.3) is 0 Å². The van der Waals surface area contributed by atoms with Gasteiger partial charge in [0.15, 0.2) is 0 Å². The van der Waals surface area contributed by atoms with Crippen LogP contribution in [-0.4, -0.2) is 4.98 Å². The van der Waals surface area contributed by atoms with E-state index in [0.717, 1.165) is 17.5 Å². The lowest BCUT2D eigenvalue weighted by Crippen LogP contribution is -2.04. The smallest absolute Gasteiger partial charge is 0.383 e. The number of anilines is 1. The average Bonchev–Trinajstić information content (AvgIpc) is 2.46. The molecule has 0 aliphatic rings. The number of pyridine rings is 1. The van der Waals surface area contributed by atoms with Gasteiger partial charge in [-0.3, -0.25) is 0 Å². The number of hydrogen-bond donors (Lipinski definition) is 1. The molecule has 0 fully saturated rings. The number of nitrogens with zero attached hydrogens (tertiary/aromatic N) is 1. The highest BCUT2D eigenvalue weighted by Gasteiger charge is 2.30. The number of halogens is 3. The van der Waals surface area contributed by atoms with Crippen LogP contribution in [0.25, 0.3) is 22.0 Å². The number of nitrogens with two attached hydrogens (primary N) is 1. The molecule has 5 heteroatoms. The number of benzene rings is 2. The fraction of sp³-hybridized carbons (Fsp3) is 0.0625. The predicted octanol–water partition coefficient (Wildman–Crippen LogP) is 4.30. The summed E-state index contributed by atoms with van der Waals surface area (Å²) in [5, 5.41) is 0.835. The minimum absolute atomic E-state index is 0.268. The molecule has 0 saturated carbocycles. The van der Waals surface area contributed by atoms with Gasteiger partial charge in [-0.05, 0) is 23.8 Å². The Bertz CT molecular complexity index is 793. The molecule has 1 aromatic heterocycles. The molecule has 3 aromatic rings. The molecule has 3 rings (SSSR count). The molecule has 2 aromatic carbocycles. The molecule has 1 radical (unpaired) electrons. The molecule has 0 amide bonds. The topological polar surface area (TPSA) is 38.9 Å². The van der Waals surface area contributed by atoms with Gasteiger partial charge in [0.05, 0.1) is 11.1 Å². The van der Waals surface area contributed by atoms with E-state index in [9.17, 15) is 13.2 Å². The first-order valence-electron chi connectivity index (χ1n) is 6.20. The van der Waals surface area contributed by atoms with E-state index < -0.39 is 11.7 Å². The summed E-state index contributed by atoms with van der Waals surface area (Å²) in [5.74, 6) is 0.268. The van der Waals surface area contributed by atoms with Crippen molar-refractivity contribution >= 4 is 16.7 Å². The van der Waals surface area contributed by atoms with Crippen molar-refractivity contribution in [2.75, 3.05) is 5.73 Å². The van der Waals surface area contributed by atoms with Gasteiger partial charge in [0.1, 0.15) is 5.82 Å². The Hall–Kier alpha value is -2.56. The molecule has 0 saturated heterocycles. The van der Waals surface area contributed by atoms with E-state index in [0.29, 0.717) is 16.6 Å². The second-order valence-corrected chi connectivity index (χ2v) is 4.60. The van der Waals surface area contributed by atoms with Crippen molar-refractivity contribution in [3.8, 4) is 11.1 Å². The molecule has 105 valence electrons. The van der Waals surface area contributed by atoms with Crippen LogP contribution in [0.2, 0.25) is 0 Å². The minimum atomic E-state index is -4.35. The second kappa shape index (κ2) is 4.77. The van der Waals surface area contributed by atoms with Crippen LogP contribution in [0, 0.1) is 6.07 Å². The van der Waals surface area contributed by atoms with Gasteiger partial charge in [-0.1, -0.05) is 30.3 Å². The van der Waals surface area contributed by atoms with E-state index in [1.807, 2.05) is 12.1 Å². The third-order valence-electron chi connectivity index (χ3n) is 3.20. The van der Waals surface area contributed by atoms with Crippen molar-refractivity contribution in [2.45, 2.75) is 6.18 Å². The van der Waals surface area contributed by atoms with Gasteiger partial charge >= 0.3 is 6.18 Å². The SMILES string of the molecule is Nc1nc2[c]cccc2cc1-c1ccc(C(F)(F)F)cc1. The minimum Gasteiger partial charge on any atom is -0.383 e. The molecule has 0 bridgehead atoms. The number of aromatic nitrogens is 1. The molecule has 0 aliphatic heterocycles. The summed E-state index contributed by atoms with van der Waals surface area (Å²) >= 11 is 0. The molecule has 2 N–H and O–H groups in total. The molecule has 21 heavy (non-hydrogen) atoms. The number of fused-ring (bicyclic) bond motifs is 1. The maximum Gasteiger partial charge on any atom is 0.416 e. The number of nitrogen functional groups attached to an aromatic ring is 1. The summed E-state index contributed by atoms with van der Waals surface area (Å²) in [7, 11) is 0. The Morgan fingerprint density at radius 1 is 1.05 bits per heavy atom. The Morgan fingerprint density at radius 2 is 1.76 bits per heavy atom. The maximum absolute atomic E-state index is 12.6. The largest absolute Gasteiger partial charge is 0.416 e. The standard InChI is InChI=1S/C16H10F3N2/c17-16(18,19)12-7-5-10(6-8-12)13-9-11-3-1-2-4-14(11)21-15(13)20/h1-3,5-9H,(H2,20,21). The van der Waals surface area contributed by atoms with Crippen molar-refractivity contribution in [1.82, 2.24) is 4.98 Å². The first-order valence-corrected chi connectivity index (χ1v) is 6.20. The van der Waals surface area contributed by atoms with Crippen LogP contribution in [0.1, 0.15) is 5.56 Å². The number of rotatable bonds is 1. The molecule has 2 nitrogen and oxygen atoms in total. The van der Waals surface area contributed by atoms with Gasteiger partial charge in [0, 0.05) is 17.0 Å². The van der Waals surface area contributed by atoms with Gasteiger partial charge in [-0.15, -0.1) is 0 Å². The zero-order valence-corrected chi connectivity index (χ0v) is 10.8. The molecular formula is C16H10F3N2. The quantitative estimate of drug-likeness (QED) is 0.724. The maximum atomic E-state index is 12.6. The van der Waals surface area contributed by atoms with E-state index in [1.165, 1.54) is 12.1 Å². The van der Waals surface area contributed by atoms with Gasteiger partial charge in [0.2, 0.25) is 0 Å². The Labute approximate surface area is 119 Å². The fourth-order valence-electron chi connectivity index (χ4n) is 2.13. The van der Waals surface area contributed by atoms with Crippen molar-refractivity contribution in [2.24, 2.45) is 0 Å². The van der Waals surface area contributed by atoms with Crippen LogP contribution in [0.15, 0.2) is 48.5 Å². The van der Waals surface area contributed by atoms with E-state index in [-0.39, 0.29) is 5.82 Å². The van der Waals surface area contributed by atoms with Crippen LogP contribution < -0.4 is 5.73 Å². The fourth-order valence-corrected chi connectivity index (χ4v) is 2.13. The van der Waals surface area contributed by atoms with Gasteiger partial charge in [-0.2, -0.15) is 13.2 Å². The van der Waals surface area contributed by atoms with Gasteiger partial charge < -0.3 is 5.73 Å². The Kier molecular flexibility index (Phi) is 3.05. The number of para-hydroxylation sites is 1. The molecule has 0 aliphatic carbocycles. The Balaban J connectivity index is 2.09. The summed E-state index contributed by atoms with van der Waals surface area (Å²) in [6.45, 7) is 0. The predicted molar refractivity (Wildman–Crippen MR) is 75.4 cm³/mol. The van der Waals surface area contributed by atoms with Crippen LogP contribution in [-0.2, 0) is 6.18 Å². The first kappa shape index (κ1) is 13.4. The monoisotopic (exact) mass is 287 g/mol.